The summed E-state index contributed by atoms with van der Waals surface area (Å²) in [6.07, 6.45) is 1.91. The highest BCUT2D eigenvalue weighted by atomic mass is 32.2. The van der Waals surface area contributed by atoms with Gasteiger partial charge in [-0.2, -0.15) is 0 Å². The van der Waals surface area contributed by atoms with E-state index in [2.05, 4.69) is 14.7 Å². The number of aryl methyl sites for hydroxylation is 1. The van der Waals surface area contributed by atoms with Gasteiger partial charge in [-0.15, -0.1) is 0 Å². The van der Waals surface area contributed by atoms with Crippen molar-refractivity contribution in [1.29, 1.82) is 0 Å². The van der Waals surface area contributed by atoms with Crippen LogP contribution in [0.4, 0.5) is 0 Å². The van der Waals surface area contributed by atoms with E-state index in [9.17, 15) is 8.42 Å². The smallest absolute Gasteiger partial charge is 0.257 e. The molecule has 1 atom stereocenters. The number of aromatic amines is 1. The Morgan fingerprint density at radius 3 is 2.50 bits per heavy atom. The molecule has 1 aromatic rings. The Morgan fingerprint density at radius 1 is 1.50 bits per heavy atom. The lowest BCUT2D eigenvalue weighted by molar-refractivity contribution is 0.287. The van der Waals surface area contributed by atoms with Gasteiger partial charge < -0.3 is 10.7 Å². The zero-order chi connectivity index (χ0) is 14.0. The van der Waals surface area contributed by atoms with Crippen LogP contribution in [-0.4, -0.2) is 31.0 Å². The predicted octanol–water partition coefficient (Wildman–Crippen LogP) is 0.760. The molecule has 1 heterocycles. The molecule has 1 aromatic heterocycles. The fourth-order valence-corrected chi connectivity index (χ4v) is 3.07. The number of hydrogen-bond acceptors (Lipinski definition) is 4. The van der Waals surface area contributed by atoms with Crippen LogP contribution in [0.3, 0.4) is 0 Å². The van der Waals surface area contributed by atoms with E-state index >= 15 is 0 Å². The average molecular weight is 274 g/mol. The molecule has 0 aliphatic carbocycles. The Bertz CT molecular complexity index is 487. The summed E-state index contributed by atoms with van der Waals surface area (Å²) in [6.45, 7) is 8.09. The third-order valence-electron chi connectivity index (χ3n) is 2.77. The van der Waals surface area contributed by atoms with Gasteiger partial charge in [0.2, 0.25) is 0 Å². The van der Waals surface area contributed by atoms with Crippen molar-refractivity contribution < 1.29 is 8.42 Å². The molecular weight excluding hydrogens is 252 g/mol. The van der Waals surface area contributed by atoms with E-state index < -0.39 is 10.0 Å². The van der Waals surface area contributed by atoms with Gasteiger partial charge in [-0.3, -0.25) is 0 Å². The number of aromatic nitrogens is 2. The van der Waals surface area contributed by atoms with E-state index in [0.29, 0.717) is 18.8 Å². The number of H-pyrrole nitrogens is 1. The second-order valence-corrected chi connectivity index (χ2v) is 7.13. The van der Waals surface area contributed by atoms with E-state index in [1.807, 2.05) is 20.8 Å². The minimum atomic E-state index is -3.57. The molecule has 0 aliphatic heterocycles. The van der Waals surface area contributed by atoms with Crippen molar-refractivity contribution in [3.8, 4) is 0 Å². The van der Waals surface area contributed by atoms with Crippen molar-refractivity contribution in [2.24, 2.45) is 11.1 Å². The molecule has 6 nitrogen and oxygen atoms in total. The molecule has 0 saturated carbocycles. The minimum Gasteiger partial charge on any atom is -0.332 e. The minimum absolute atomic E-state index is 0.0891. The third kappa shape index (κ3) is 3.79. The van der Waals surface area contributed by atoms with Gasteiger partial charge in [-0.25, -0.2) is 18.1 Å². The first-order valence-corrected chi connectivity index (χ1v) is 7.39. The topological polar surface area (TPSA) is 101 Å². The summed E-state index contributed by atoms with van der Waals surface area (Å²) in [5, 5.41) is 0.0891. The Morgan fingerprint density at radius 2 is 2.11 bits per heavy atom. The molecule has 0 aliphatic rings. The summed E-state index contributed by atoms with van der Waals surface area (Å²) >= 11 is 0. The quantitative estimate of drug-likeness (QED) is 0.738. The van der Waals surface area contributed by atoms with Gasteiger partial charge in [0, 0.05) is 6.04 Å². The SMILES string of the molecule is Cc1ncc(S(=O)(=O)NC(CCN)C(C)(C)C)[nH]1. The van der Waals surface area contributed by atoms with Gasteiger partial charge in [0.05, 0.1) is 6.20 Å². The van der Waals surface area contributed by atoms with E-state index in [1.165, 1.54) is 6.20 Å². The van der Waals surface area contributed by atoms with Crippen LogP contribution in [0.15, 0.2) is 11.2 Å². The highest BCUT2D eigenvalue weighted by molar-refractivity contribution is 7.89. The number of nitrogens with zero attached hydrogens (tertiary/aromatic N) is 1. The van der Waals surface area contributed by atoms with Crippen LogP contribution >= 0.6 is 0 Å². The Labute approximate surface area is 108 Å². The monoisotopic (exact) mass is 274 g/mol. The lowest BCUT2D eigenvalue weighted by Crippen LogP contribution is -2.44. The van der Waals surface area contributed by atoms with Gasteiger partial charge in [0.25, 0.3) is 10.0 Å². The molecule has 0 fully saturated rings. The first-order chi connectivity index (χ1) is 8.16. The van der Waals surface area contributed by atoms with Gasteiger partial charge in [-0.05, 0) is 25.3 Å². The predicted molar refractivity (Wildman–Crippen MR) is 70.6 cm³/mol. The zero-order valence-corrected chi connectivity index (χ0v) is 12.1. The summed E-state index contributed by atoms with van der Waals surface area (Å²) < 4.78 is 27.0. The first-order valence-electron chi connectivity index (χ1n) is 5.91. The van der Waals surface area contributed by atoms with Gasteiger partial charge >= 0.3 is 0 Å². The van der Waals surface area contributed by atoms with E-state index in [1.54, 1.807) is 6.92 Å². The standard InChI is InChI=1S/C11H22N4O2S/c1-8-13-7-10(14-8)18(16,17)15-9(5-6-12)11(2,3)4/h7,9,15H,5-6,12H2,1-4H3,(H,13,14). The maximum atomic E-state index is 12.2. The molecule has 0 bridgehead atoms. The number of nitrogens with two attached hydrogens (primary N) is 1. The second-order valence-electron chi connectivity index (χ2n) is 5.45. The molecule has 104 valence electrons. The van der Waals surface area contributed by atoms with E-state index in [0.717, 1.165) is 0 Å². The molecule has 18 heavy (non-hydrogen) atoms. The Hall–Kier alpha value is -0.920. The third-order valence-corrected chi connectivity index (χ3v) is 4.15. The Kier molecular flexibility index (Phi) is 4.52. The van der Waals surface area contributed by atoms with Crippen molar-refractivity contribution >= 4 is 10.0 Å². The number of sulfonamides is 1. The van der Waals surface area contributed by atoms with Crippen LogP contribution in [0.5, 0.6) is 0 Å². The molecule has 1 unspecified atom stereocenters. The second kappa shape index (κ2) is 5.38. The van der Waals surface area contributed by atoms with Crippen LogP contribution < -0.4 is 10.5 Å². The van der Waals surface area contributed by atoms with Crippen LogP contribution in [0.1, 0.15) is 33.0 Å². The molecular formula is C11H22N4O2S. The molecule has 0 amide bonds. The molecule has 7 heteroatoms. The summed E-state index contributed by atoms with van der Waals surface area (Å²) in [7, 11) is -3.57. The van der Waals surface area contributed by atoms with E-state index in [4.69, 9.17) is 5.73 Å². The maximum Gasteiger partial charge on any atom is 0.257 e. The van der Waals surface area contributed by atoms with Gasteiger partial charge in [0.15, 0.2) is 5.03 Å². The van der Waals surface area contributed by atoms with Gasteiger partial charge in [-0.1, -0.05) is 20.8 Å². The number of hydrogen-bond donors (Lipinski definition) is 3. The summed E-state index contributed by atoms with van der Waals surface area (Å²) in [6, 6.07) is -0.212. The molecule has 0 spiro atoms. The highest BCUT2D eigenvalue weighted by Gasteiger charge is 2.29. The number of nitrogens with one attached hydrogen (secondary N) is 2. The van der Waals surface area contributed by atoms with Crippen molar-refractivity contribution in [2.45, 2.75) is 45.2 Å². The first kappa shape index (κ1) is 15.1. The maximum absolute atomic E-state index is 12.2. The summed E-state index contributed by atoms with van der Waals surface area (Å²) in [4.78, 5) is 6.62. The fraction of sp³-hybridized carbons (Fsp3) is 0.727. The highest BCUT2D eigenvalue weighted by Crippen LogP contribution is 2.23. The van der Waals surface area contributed by atoms with Crippen molar-refractivity contribution in [3.05, 3.63) is 12.0 Å². The van der Waals surface area contributed by atoms with Crippen LogP contribution in [-0.2, 0) is 10.0 Å². The van der Waals surface area contributed by atoms with E-state index in [-0.39, 0.29) is 16.5 Å². The van der Waals surface area contributed by atoms with Crippen molar-refractivity contribution in [1.82, 2.24) is 14.7 Å². The summed E-state index contributed by atoms with van der Waals surface area (Å²) in [5.41, 5.74) is 5.34. The number of rotatable bonds is 5. The molecule has 0 aromatic carbocycles. The summed E-state index contributed by atoms with van der Waals surface area (Å²) in [5.74, 6) is 0.571. The van der Waals surface area contributed by atoms with Crippen molar-refractivity contribution in [3.63, 3.8) is 0 Å². The Balaban J connectivity index is 2.93. The van der Waals surface area contributed by atoms with Gasteiger partial charge in [0.1, 0.15) is 5.82 Å². The van der Waals surface area contributed by atoms with Crippen LogP contribution in [0, 0.1) is 12.3 Å². The molecule has 4 N–H and O–H groups in total. The van der Waals surface area contributed by atoms with Crippen LogP contribution in [0.25, 0.3) is 0 Å². The molecule has 0 radical (unpaired) electrons. The van der Waals surface area contributed by atoms with Crippen molar-refractivity contribution in [2.75, 3.05) is 6.54 Å². The lowest BCUT2D eigenvalue weighted by Gasteiger charge is -2.30. The normalized spacial score (nSPS) is 14.7. The fourth-order valence-electron chi connectivity index (χ4n) is 1.62. The number of imidazole rings is 1. The zero-order valence-electron chi connectivity index (χ0n) is 11.3. The molecule has 1 rings (SSSR count). The molecule has 0 saturated heterocycles. The van der Waals surface area contributed by atoms with Crippen LogP contribution in [0.2, 0.25) is 0 Å². The average Bonchev–Trinajstić information content (AvgIpc) is 2.63. The largest absolute Gasteiger partial charge is 0.332 e. The lowest BCUT2D eigenvalue weighted by atomic mass is 9.85.